The lowest BCUT2D eigenvalue weighted by atomic mass is 9.96. The minimum absolute atomic E-state index is 0. The second kappa shape index (κ2) is 10.1. The first-order valence-corrected chi connectivity index (χ1v) is 9.49. The van der Waals surface area contributed by atoms with E-state index in [-0.39, 0.29) is 24.0 Å². The summed E-state index contributed by atoms with van der Waals surface area (Å²) in [6.45, 7) is 3.92. The minimum Gasteiger partial charge on any atom is -0.497 e. The number of hydrogen-bond acceptors (Lipinski definition) is 3. The average Bonchev–Trinajstić information content (AvgIpc) is 3.03. The number of fused-ring (bicyclic) bond motifs is 1. The maximum Gasteiger partial charge on any atom is 0.194 e. The van der Waals surface area contributed by atoms with Gasteiger partial charge in [0.25, 0.3) is 0 Å². The molecule has 0 spiro atoms. The van der Waals surface area contributed by atoms with E-state index < -0.39 is 5.60 Å². The zero-order valence-corrected chi connectivity index (χ0v) is 19.1. The number of aryl methyl sites for hydroxylation is 1. The van der Waals surface area contributed by atoms with Crippen molar-refractivity contribution >= 4 is 29.9 Å². The van der Waals surface area contributed by atoms with Crippen molar-refractivity contribution in [1.29, 1.82) is 0 Å². The van der Waals surface area contributed by atoms with E-state index in [0.29, 0.717) is 6.54 Å². The van der Waals surface area contributed by atoms with Gasteiger partial charge < -0.3 is 20.1 Å². The van der Waals surface area contributed by atoms with Gasteiger partial charge in [0, 0.05) is 20.1 Å². The Bertz CT molecular complexity index is 795. The minimum atomic E-state index is -0.877. The molecule has 5 nitrogen and oxygen atoms in total. The Balaban J connectivity index is 0.00000280. The number of guanidine groups is 1. The molecular formula is C22H30IN3O2. The Kier molecular flexibility index (Phi) is 8.12. The summed E-state index contributed by atoms with van der Waals surface area (Å²) in [6.07, 6.45) is 1.62. The maximum absolute atomic E-state index is 11.1. The Morgan fingerprint density at radius 2 is 1.93 bits per heavy atom. The first kappa shape index (κ1) is 22.5. The van der Waals surface area contributed by atoms with Gasteiger partial charge in [-0.1, -0.05) is 36.4 Å². The van der Waals surface area contributed by atoms with Crippen LogP contribution in [0.3, 0.4) is 0 Å². The lowest BCUT2D eigenvalue weighted by Crippen LogP contribution is -2.40. The number of hydrogen-bond donors (Lipinski definition) is 2. The predicted octanol–water partition coefficient (Wildman–Crippen LogP) is 3.54. The number of benzene rings is 2. The highest BCUT2D eigenvalue weighted by Crippen LogP contribution is 2.36. The van der Waals surface area contributed by atoms with Crippen molar-refractivity contribution in [3.63, 3.8) is 0 Å². The fourth-order valence-electron chi connectivity index (χ4n) is 3.59. The summed E-state index contributed by atoms with van der Waals surface area (Å²) in [4.78, 5) is 6.83. The molecule has 1 aliphatic carbocycles. The molecule has 28 heavy (non-hydrogen) atoms. The normalized spacial score (nSPS) is 18.2. The Morgan fingerprint density at radius 3 is 2.61 bits per heavy atom. The molecule has 0 heterocycles. The average molecular weight is 495 g/mol. The van der Waals surface area contributed by atoms with Crippen molar-refractivity contribution in [3.8, 4) is 5.75 Å². The Labute approximate surface area is 184 Å². The number of nitrogens with zero attached hydrogens (tertiary/aromatic N) is 2. The molecule has 1 atom stereocenters. The molecule has 0 fully saturated rings. The second-order valence-electron chi connectivity index (χ2n) is 7.06. The molecule has 2 aromatic rings. The largest absolute Gasteiger partial charge is 0.497 e. The van der Waals surface area contributed by atoms with E-state index in [2.05, 4.69) is 35.3 Å². The fourth-order valence-corrected chi connectivity index (χ4v) is 3.59. The van der Waals surface area contributed by atoms with Gasteiger partial charge in [0.1, 0.15) is 11.4 Å². The summed E-state index contributed by atoms with van der Waals surface area (Å²) in [5, 5.41) is 14.5. The van der Waals surface area contributed by atoms with Crippen LogP contribution in [-0.2, 0) is 18.6 Å². The maximum atomic E-state index is 11.1. The molecule has 3 rings (SSSR count). The summed E-state index contributed by atoms with van der Waals surface area (Å²) < 4.78 is 5.22. The molecule has 2 N–H and O–H groups in total. The van der Waals surface area contributed by atoms with Crippen LogP contribution in [0.15, 0.2) is 53.5 Å². The zero-order chi connectivity index (χ0) is 19.3. The molecule has 1 unspecified atom stereocenters. The number of aliphatic imine (C=N–C) groups is 1. The van der Waals surface area contributed by atoms with Gasteiger partial charge in [0.05, 0.1) is 13.7 Å². The predicted molar refractivity (Wildman–Crippen MR) is 125 cm³/mol. The van der Waals surface area contributed by atoms with E-state index in [4.69, 9.17) is 9.73 Å². The van der Waals surface area contributed by atoms with Gasteiger partial charge >= 0.3 is 0 Å². The molecule has 0 aliphatic heterocycles. The highest BCUT2D eigenvalue weighted by atomic mass is 127. The second-order valence-corrected chi connectivity index (χ2v) is 7.06. The molecule has 2 aromatic carbocycles. The third-order valence-corrected chi connectivity index (χ3v) is 5.09. The molecule has 6 heteroatoms. The number of ether oxygens (including phenoxy) is 1. The van der Waals surface area contributed by atoms with Crippen molar-refractivity contribution < 1.29 is 9.84 Å². The summed E-state index contributed by atoms with van der Waals surface area (Å²) in [6, 6.07) is 16.2. The number of methoxy groups -OCH3 is 1. The van der Waals surface area contributed by atoms with Gasteiger partial charge in [-0.25, -0.2) is 4.99 Å². The third kappa shape index (κ3) is 5.17. The molecule has 0 bridgehead atoms. The third-order valence-electron chi connectivity index (χ3n) is 5.09. The van der Waals surface area contributed by atoms with Crippen LogP contribution in [0.4, 0.5) is 0 Å². The quantitative estimate of drug-likeness (QED) is 0.366. The molecule has 0 saturated heterocycles. The summed E-state index contributed by atoms with van der Waals surface area (Å²) in [5.74, 6) is 1.65. The van der Waals surface area contributed by atoms with Crippen molar-refractivity contribution in [1.82, 2.24) is 10.2 Å². The monoisotopic (exact) mass is 495 g/mol. The van der Waals surface area contributed by atoms with Gasteiger partial charge in [0.15, 0.2) is 5.96 Å². The number of halogens is 1. The van der Waals surface area contributed by atoms with E-state index in [1.807, 2.05) is 37.4 Å². The van der Waals surface area contributed by atoms with Crippen LogP contribution in [-0.4, -0.2) is 43.2 Å². The van der Waals surface area contributed by atoms with Crippen LogP contribution >= 0.6 is 24.0 Å². The van der Waals surface area contributed by atoms with Crippen LogP contribution in [0.2, 0.25) is 0 Å². The number of nitrogens with one attached hydrogen (secondary N) is 1. The van der Waals surface area contributed by atoms with Gasteiger partial charge in [-0.3, -0.25) is 0 Å². The fraction of sp³-hybridized carbons (Fsp3) is 0.409. The van der Waals surface area contributed by atoms with Crippen LogP contribution in [0, 0.1) is 0 Å². The van der Waals surface area contributed by atoms with Crippen LogP contribution in [0.25, 0.3) is 0 Å². The van der Waals surface area contributed by atoms with E-state index >= 15 is 0 Å². The van der Waals surface area contributed by atoms with Crippen molar-refractivity contribution in [2.75, 3.05) is 27.2 Å². The smallest absolute Gasteiger partial charge is 0.194 e. The molecule has 0 saturated carbocycles. The topological polar surface area (TPSA) is 57.1 Å². The lowest BCUT2D eigenvalue weighted by Gasteiger charge is -2.26. The Morgan fingerprint density at radius 1 is 1.21 bits per heavy atom. The molecule has 1 aliphatic rings. The van der Waals surface area contributed by atoms with Crippen molar-refractivity contribution in [2.45, 2.75) is 31.9 Å². The van der Waals surface area contributed by atoms with Crippen LogP contribution in [0.5, 0.6) is 5.75 Å². The van der Waals surface area contributed by atoms with Crippen LogP contribution < -0.4 is 10.1 Å². The van der Waals surface area contributed by atoms with Crippen molar-refractivity contribution in [2.24, 2.45) is 4.99 Å². The molecular weight excluding hydrogens is 465 g/mol. The lowest BCUT2D eigenvalue weighted by molar-refractivity contribution is 0.0483. The van der Waals surface area contributed by atoms with Crippen LogP contribution in [0.1, 0.15) is 30.0 Å². The van der Waals surface area contributed by atoms with E-state index in [0.717, 1.165) is 43.2 Å². The summed E-state index contributed by atoms with van der Waals surface area (Å²) in [5.41, 5.74) is 2.54. The standard InChI is InChI=1S/C22H29N3O2.HI/c1-4-23-21(25(2)15-17-9-11-19(27-3)12-10-17)24-16-22(26)14-13-18-7-5-6-8-20(18)22;/h5-12,26H,4,13-16H2,1-3H3,(H,23,24);1H. The SMILES string of the molecule is CCNC(=NCC1(O)CCc2ccccc21)N(C)Cc1ccc(OC)cc1.I. The van der Waals surface area contributed by atoms with E-state index in [1.54, 1.807) is 7.11 Å². The van der Waals surface area contributed by atoms with Gasteiger partial charge in [0.2, 0.25) is 0 Å². The zero-order valence-electron chi connectivity index (χ0n) is 16.8. The summed E-state index contributed by atoms with van der Waals surface area (Å²) in [7, 11) is 3.68. The molecule has 152 valence electrons. The Hall–Kier alpha value is -1.80. The first-order valence-electron chi connectivity index (χ1n) is 9.49. The van der Waals surface area contributed by atoms with Gasteiger partial charge in [-0.2, -0.15) is 0 Å². The summed E-state index contributed by atoms with van der Waals surface area (Å²) >= 11 is 0. The first-order chi connectivity index (χ1) is 13.1. The van der Waals surface area contributed by atoms with E-state index in [1.165, 1.54) is 11.1 Å². The molecule has 0 aromatic heterocycles. The highest BCUT2D eigenvalue weighted by Gasteiger charge is 2.36. The molecule has 0 amide bonds. The van der Waals surface area contributed by atoms with E-state index in [9.17, 15) is 5.11 Å². The van der Waals surface area contributed by atoms with Gasteiger partial charge in [-0.05, 0) is 48.6 Å². The number of rotatable bonds is 6. The van der Waals surface area contributed by atoms with Gasteiger partial charge in [-0.15, -0.1) is 24.0 Å². The van der Waals surface area contributed by atoms with Crippen molar-refractivity contribution in [3.05, 3.63) is 65.2 Å². The highest BCUT2D eigenvalue weighted by molar-refractivity contribution is 14.0. The number of aliphatic hydroxyl groups is 1. The molecule has 0 radical (unpaired) electrons.